The van der Waals surface area contributed by atoms with Crippen molar-refractivity contribution in [3.8, 4) is 33.4 Å². The van der Waals surface area contributed by atoms with E-state index < -0.39 is 0 Å². The van der Waals surface area contributed by atoms with Gasteiger partial charge in [-0.1, -0.05) is 11.3 Å². The van der Waals surface area contributed by atoms with E-state index >= 15 is 0 Å². The maximum Gasteiger partial charge on any atom is 0.180 e. The van der Waals surface area contributed by atoms with Gasteiger partial charge in [0.1, 0.15) is 23.0 Å². The molecule has 7 nitrogen and oxygen atoms in total. The fourth-order valence-electron chi connectivity index (χ4n) is 3.32. The Balaban J connectivity index is 0.000000151. The van der Waals surface area contributed by atoms with Crippen molar-refractivity contribution in [3.63, 3.8) is 0 Å². The minimum absolute atomic E-state index is 0.125. The lowest BCUT2D eigenvalue weighted by atomic mass is 10.1. The normalized spacial score (nSPS) is 13.9. The molecule has 3 aromatic rings. The fourth-order valence-corrected chi connectivity index (χ4v) is 4.22. The summed E-state index contributed by atoms with van der Waals surface area (Å²) >= 11 is 1.50. The molecule has 2 aliphatic rings. The van der Waals surface area contributed by atoms with Gasteiger partial charge >= 0.3 is 0 Å². The molecule has 0 radical (unpaired) electrons. The third-order valence-electron chi connectivity index (χ3n) is 4.82. The second-order valence-electron chi connectivity index (χ2n) is 6.67. The van der Waals surface area contributed by atoms with Crippen LogP contribution in [0.1, 0.15) is 22.5 Å². The second-order valence-corrected chi connectivity index (χ2v) is 7.70. The molecule has 0 fully saturated rings. The molecule has 0 spiro atoms. The molecular weight excluding hydrogens is 404 g/mol. The van der Waals surface area contributed by atoms with E-state index in [0.29, 0.717) is 41.8 Å². The number of Topliss-reactive ketones (excluding diaryl/α,β-unsaturated/α-hetero) is 1. The number of rotatable bonds is 2. The lowest BCUT2D eigenvalue weighted by Crippen LogP contribution is -2.15. The Kier molecular flexibility index (Phi) is 5.76. The number of nitrogen functional groups attached to an aromatic ring is 1. The molecule has 0 saturated carbocycles. The standard InChI is InChI=1S/C12H12N2O2S.C10H10O3/c1-15-7-2-3-10-8(6-7)11-9(4-5-16-10)14-12(13)17-11;1-12-7-2-3-10-8(6-7)9(11)4-5-13-10/h2-3,6H,4-5H2,1H3,(H2,13,14);2-3,6H,4-5H2,1H3. The first-order chi connectivity index (χ1) is 14.6. The lowest BCUT2D eigenvalue weighted by Gasteiger charge is -2.16. The third kappa shape index (κ3) is 4.04. The molecule has 30 heavy (non-hydrogen) atoms. The minimum Gasteiger partial charge on any atom is -0.497 e. The van der Waals surface area contributed by atoms with E-state index in [1.807, 2.05) is 18.2 Å². The summed E-state index contributed by atoms with van der Waals surface area (Å²) in [7, 11) is 3.23. The molecule has 8 heteroatoms. The molecule has 2 aliphatic heterocycles. The van der Waals surface area contributed by atoms with Gasteiger partial charge in [-0.15, -0.1) is 0 Å². The fraction of sp³-hybridized carbons (Fsp3) is 0.273. The summed E-state index contributed by atoms with van der Waals surface area (Å²) in [4.78, 5) is 16.9. The first kappa shape index (κ1) is 20.0. The first-order valence-corrected chi connectivity index (χ1v) is 10.3. The average Bonchev–Trinajstić information content (AvgIpc) is 3.06. The predicted octanol–water partition coefficient (Wildman–Crippen LogP) is 4.00. The van der Waals surface area contributed by atoms with E-state index in [9.17, 15) is 4.79 Å². The quantitative estimate of drug-likeness (QED) is 0.662. The molecule has 2 aromatic carbocycles. The van der Waals surface area contributed by atoms with Gasteiger partial charge in [0.05, 0.1) is 43.6 Å². The highest BCUT2D eigenvalue weighted by Crippen LogP contribution is 2.41. The number of nitrogens with zero attached hydrogens (tertiary/aromatic N) is 1. The van der Waals surface area contributed by atoms with E-state index in [2.05, 4.69) is 4.98 Å². The third-order valence-corrected chi connectivity index (χ3v) is 5.78. The largest absolute Gasteiger partial charge is 0.497 e. The maximum absolute atomic E-state index is 11.4. The second kappa shape index (κ2) is 8.62. The van der Waals surface area contributed by atoms with E-state index in [1.165, 1.54) is 11.3 Å². The molecule has 0 bridgehead atoms. The molecule has 3 heterocycles. The summed E-state index contributed by atoms with van der Waals surface area (Å²) in [5.41, 5.74) is 8.44. The molecule has 0 atom stereocenters. The van der Waals surface area contributed by atoms with E-state index in [-0.39, 0.29) is 5.78 Å². The maximum atomic E-state index is 11.4. The van der Waals surface area contributed by atoms with Crippen molar-refractivity contribution in [1.82, 2.24) is 4.98 Å². The van der Waals surface area contributed by atoms with Crippen LogP contribution in [0, 0.1) is 0 Å². The number of carbonyl (C=O) groups excluding carboxylic acids is 1. The van der Waals surface area contributed by atoms with Crippen LogP contribution in [0.3, 0.4) is 0 Å². The van der Waals surface area contributed by atoms with Crippen LogP contribution in [0.25, 0.3) is 10.4 Å². The van der Waals surface area contributed by atoms with Crippen molar-refractivity contribution in [2.75, 3.05) is 33.2 Å². The number of nitrogens with two attached hydrogens (primary N) is 1. The highest BCUT2D eigenvalue weighted by Gasteiger charge is 2.20. The van der Waals surface area contributed by atoms with Crippen LogP contribution in [-0.2, 0) is 6.42 Å². The molecule has 0 aliphatic carbocycles. The van der Waals surface area contributed by atoms with Crippen molar-refractivity contribution in [2.45, 2.75) is 12.8 Å². The van der Waals surface area contributed by atoms with Gasteiger partial charge < -0.3 is 24.7 Å². The van der Waals surface area contributed by atoms with E-state index in [4.69, 9.17) is 24.7 Å². The molecule has 0 unspecified atom stereocenters. The van der Waals surface area contributed by atoms with Gasteiger partial charge in [0.2, 0.25) is 0 Å². The Bertz CT molecular complexity index is 1080. The van der Waals surface area contributed by atoms with Gasteiger partial charge in [-0.05, 0) is 36.4 Å². The van der Waals surface area contributed by atoms with E-state index in [1.54, 1.807) is 32.4 Å². The highest BCUT2D eigenvalue weighted by atomic mass is 32.1. The number of benzene rings is 2. The Labute approximate surface area is 178 Å². The topological polar surface area (TPSA) is 92.9 Å². The van der Waals surface area contributed by atoms with Gasteiger partial charge in [-0.2, -0.15) is 0 Å². The van der Waals surface area contributed by atoms with Crippen LogP contribution >= 0.6 is 11.3 Å². The molecule has 5 rings (SSSR count). The Morgan fingerprint density at radius 3 is 2.20 bits per heavy atom. The lowest BCUT2D eigenvalue weighted by molar-refractivity contribution is 0.0933. The number of anilines is 1. The Morgan fingerprint density at radius 1 is 0.933 bits per heavy atom. The van der Waals surface area contributed by atoms with Crippen LogP contribution in [-0.4, -0.2) is 38.2 Å². The van der Waals surface area contributed by atoms with Gasteiger partial charge in [0, 0.05) is 18.4 Å². The SMILES string of the molecule is COc1ccc2c(c1)-c1sc(N)nc1CCO2.COc1ccc2c(c1)C(=O)CCO2. The molecule has 2 N–H and O–H groups in total. The Hall–Kier alpha value is -3.26. The van der Waals surface area contributed by atoms with Gasteiger partial charge in [-0.3, -0.25) is 4.79 Å². The number of methoxy groups -OCH3 is 2. The summed E-state index contributed by atoms with van der Waals surface area (Å²) < 4.78 is 21.3. The number of aromatic nitrogens is 1. The number of fused-ring (bicyclic) bond motifs is 4. The Morgan fingerprint density at radius 2 is 1.53 bits per heavy atom. The van der Waals surface area contributed by atoms with Gasteiger partial charge in [0.15, 0.2) is 10.9 Å². The minimum atomic E-state index is 0.125. The number of hydrogen-bond donors (Lipinski definition) is 1. The van der Waals surface area contributed by atoms with Crippen LogP contribution < -0.4 is 24.7 Å². The monoisotopic (exact) mass is 426 g/mol. The number of thiazole rings is 1. The highest BCUT2D eigenvalue weighted by molar-refractivity contribution is 7.19. The van der Waals surface area contributed by atoms with E-state index in [0.717, 1.165) is 34.1 Å². The zero-order valence-electron chi connectivity index (χ0n) is 16.8. The molecule has 156 valence electrons. The van der Waals surface area contributed by atoms with Gasteiger partial charge in [-0.25, -0.2) is 4.98 Å². The zero-order chi connectivity index (χ0) is 21.1. The average molecular weight is 426 g/mol. The summed E-state index contributed by atoms with van der Waals surface area (Å²) in [6.07, 6.45) is 1.25. The number of hydrogen-bond acceptors (Lipinski definition) is 8. The van der Waals surface area contributed by atoms with Crippen LogP contribution in [0.4, 0.5) is 5.13 Å². The summed E-state index contributed by atoms with van der Waals surface area (Å²) in [6.45, 7) is 1.12. The predicted molar refractivity (Wildman–Crippen MR) is 115 cm³/mol. The summed E-state index contributed by atoms with van der Waals surface area (Å²) in [5.74, 6) is 3.16. The molecule has 1 aromatic heterocycles. The number of ether oxygens (including phenoxy) is 4. The summed E-state index contributed by atoms with van der Waals surface area (Å²) in [6, 6.07) is 11.1. The van der Waals surface area contributed by atoms with Crippen molar-refractivity contribution in [1.29, 1.82) is 0 Å². The zero-order valence-corrected chi connectivity index (χ0v) is 17.6. The van der Waals surface area contributed by atoms with Crippen molar-refractivity contribution >= 4 is 22.3 Å². The molecular formula is C22H22N2O5S. The van der Waals surface area contributed by atoms with Crippen LogP contribution in [0.5, 0.6) is 23.0 Å². The van der Waals surface area contributed by atoms with Crippen LogP contribution in [0.15, 0.2) is 36.4 Å². The van der Waals surface area contributed by atoms with Gasteiger partial charge in [0.25, 0.3) is 0 Å². The molecule has 0 amide bonds. The number of ketones is 1. The summed E-state index contributed by atoms with van der Waals surface area (Å²) in [5, 5.41) is 0.602. The van der Waals surface area contributed by atoms with Crippen molar-refractivity contribution < 1.29 is 23.7 Å². The van der Waals surface area contributed by atoms with Crippen molar-refractivity contribution in [2.24, 2.45) is 0 Å². The number of carbonyl (C=O) groups is 1. The first-order valence-electron chi connectivity index (χ1n) is 9.49. The smallest absolute Gasteiger partial charge is 0.180 e. The van der Waals surface area contributed by atoms with Crippen LogP contribution in [0.2, 0.25) is 0 Å². The van der Waals surface area contributed by atoms with Crippen molar-refractivity contribution in [3.05, 3.63) is 47.7 Å². The molecule has 0 saturated heterocycles.